The molecule has 6 nitrogen and oxygen atoms in total. The lowest BCUT2D eigenvalue weighted by Crippen LogP contribution is -3.00. The zero-order valence-electron chi connectivity index (χ0n) is 20.9. The molecule has 0 radical (unpaired) electrons. The smallest absolute Gasteiger partial charge is 0.161 e. The van der Waals surface area contributed by atoms with Crippen LogP contribution in [0.4, 0.5) is 0 Å². The Hall–Kier alpha value is -2.93. The van der Waals surface area contributed by atoms with Crippen molar-refractivity contribution < 1.29 is 41.8 Å². The number of aryl methyl sites for hydroxylation is 1. The molecule has 0 amide bonds. The summed E-state index contributed by atoms with van der Waals surface area (Å²) in [5.74, 6) is 3.01. The van der Waals surface area contributed by atoms with Crippen molar-refractivity contribution >= 4 is 0 Å². The van der Waals surface area contributed by atoms with Gasteiger partial charge in [-0.25, -0.2) is 0 Å². The minimum Gasteiger partial charge on any atom is -1.00 e. The van der Waals surface area contributed by atoms with Crippen LogP contribution in [0.2, 0.25) is 0 Å². The third-order valence-electron chi connectivity index (χ3n) is 5.92. The highest BCUT2D eigenvalue weighted by Crippen LogP contribution is 2.28. The molecule has 35 heavy (non-hydrogen) atoms. The number of quaternary nitrogens is 1. The predicted molar refractivity (Wildman–Crippen MR) is 133 cm³/mol. The summed E-state index contributed by atoms with van der Waals surface area (Å²) in [7, 11) is 4.92. The lowest BCUT2D eigenvalue weighted by Gasteiger charge is -2.18. The number of halogens is 1. The second-order valence-electron chi connectivity index (χ2n) is 8.33. The van der Waals surface area contributed by atoms with Gasteiger partial charge in [-0.15, -0.1) is 0 Å². The van der Waals surface area contributed by atoms with E-state index in [0.717, 1.165) is 42.0 Å². The number of aliphatic hydroxyl groups excluding tert-OH is 1. The number of hydrogen-bond donors (Lipinski definition) is 2. The first-order valence-electron chi connectivity index (χ1n) is 11.6. The molecule has 3 aromatic rings. The van der Waals surface area contributed by atoms with Gasteiger partial charge in [0.05, 0.1) is 27.9 Å². The fourth-order valence-corrected chi connectivity index (χ4v) is 3.85. The van der Waals surface area contributed by atoms with E-state index in [4.69, 9.17) is 18.9 Å². The van der Waals surface area contributed by atoms with Crippen LogP contribution in [0.3, 0.4) is 0 Å². The molecule has 0 bridgehead atoms. The normalized spacial score (nSPS) is 12.3. The first kappa shape index (κ1) is 28.3. The van der Waals surface area contributed by atoms with Gasteiger partial charge in [-0.05, 0) is 66.4 Å². The summed E-state index contributed by atoms with van der Waals surface area (Å²) in [6.07, 6.45) is 1.48. The van der Waals surface area contributed by atoms with Crippen molar-refractivity contribution in [2.45, 2.75) is 38.5 Å². The molecule has 3 aromatic carbocycles. The number of nitrogens with two attached hydrogens (primary N) is 1. The molecule has 2 atom stereocenters. The van der Waals surface area contributed by atoms with Crippen molar-refractivity contribution in [3.8, 4) is 23.0 Å². The van der Waals surface area contributed by atoms with Gasteiger partial charge in [0.15, 0.2) is 11.5 Å². The van der Waals surface area contributed by atoms with Crippen LogP contribution < -0.4 is 36.7 Å². The molecule has 3 rings (SSSR count). The van der Waals surface area contributed by atoms with Crippen molar-refractivity contribution in [1.29, 1.82) is 0 Å². The monoisotopic (exact) mass is 501 g/mol. The highest BCUT2D eigenvalue weighted by Gasteiger charge is 2.19. The average Bonchev–Trinajstić information content (AvgIpc) is 2.89. The Morgan fingerprint density at radius 2 is 1.54 bits per heavy atom. The van der Waals surface area contributed by atoms with Crippen LogP contribution in [-0.2, 0) is 13.0 Å². The molecule has 3 N–H and O–H groups in total. The molecule has 0 aliphatic heterocycles. The van der Waals surface area contributed by atoms with Crippen molar-refractivity contribution in [3.63, 3.8) is 0 Å². The maximum absolute atomic E-state index is 10.8. The zero-order chi connectivity index (χ0) is 24.3. The lowest BCUT2D eigenvalue weighted by atomic mass is 10.0. The van der Waals surface area contributed by atoms with E-state index in [2.05, 4.69) is 24.4 Å². The van der Waals surface area contributed by atoms with E-state index in [1.807, 2.05) is 54.6 Å². The second-order valence-corrected chi connectivity index (χ2v) is 8.33. The Morgan fingerprint density at radius 1 is 0.800 bits per heavy atom. The number of methoxy groups -OCH3 is 3. The molecule has 0 aliphatic carbocycles. The van der Waals surface area contributed by atoms with Gasteiger partial charge in [0.25, 0.3) is 0 Å². The standard InChI is InChI=1S/C28H35NO5.ClH/c1-20(29-16-6-8-21-7-5-9-25(17-21)31-2)28(30)23-11-13-24(14-12-23)34-19-22-10-15-26(32-3)27(18-22)33-4;/h5,7,9-15,17-18,20,28-30H,6,8,16,19H2,1-4H3;1H. The van der Waals surface area contributed by atoms with Gasteiger partial charge in [0, 0.05) is 6.42 Å². The van der Waals surface area contributed by atoms with Gasteiger partial charge < -0.3 is 41.8 Å². The minimum atomic E-state index is -0.545. The van der Waals surface area contributed by atoms with Gasteiger partial charge in [0.1, 0.15) is 30.3 Å². The molecular formula is C28H36ClNO5. The summed E-state index contributed by atoms with van der Waals surface area (Å²) in [6, 6.07) is 21.6. The molecule has 0 aromatic heterocycles. The molecule has 0 fully saturated rings. The van der Waals surface area contributed by atoms with Crippen molar-refractivity contribution in [2.24, 2.45) is 0 Å². The summed E-state index contributed by atoms with van der Waals surface area (Å²) < 4.78 is 21.8. The molecule has 0 aliphatic rings. The molecule has 2 unspecified atom stereocenters. The van der Waals surface area contributed by atoms with Crippen LogP contribution >= 0.6 is 0 Å². The Labute approximate surface area is 214 Å². The first-order chi connectivity index (χ1) is 16.5. The van der Waals surface area contributed by atoms with E-state index in [1.54, 1.807) is 21.3 Å². The van der Waals surface area contributed by atoms with E-state index in [-0.39, 0.29) is 18.4 Å². The van der Waals surface area contributed by atoms with E-state index in [9.17, 15) is 5.11 Å². The molecule has 7 heteroatoms. The first-order valence-corrected chi connectivity index (χ1v) is 11.6. The average molecular weight is 502 g/mol. The van der Waals surface area contributed by atoms with Crippen LogP contribution in [0.15, 0.2) is 66.7 Å². The third kappa shape index (κ3) is 8.35. The number of rotatable bonds is 13. The second kappa shape index (κ2) is 14.5. The quantitative estimate of drug-likeness (QED) is 0.341. The van der Waals surface area contributed by atoms with Gasteiger partial charge in [0.2, 0.25) is 0 Å². The van der Waals surface area contributed by atoms with Crippen LogP contribution in [0.5, 0.6) is 23.0 Å². The summed E-state index contributed by atoms with van der Waals surface area (Å²) in [4.78, 5) is 0. The number of hydrogen-bond acceptors (Lipinski definition) is 5. The Kier molecular flexibility index (Phi) is 11.7. The minimum absolute atomic E-state index is 0. The van der Waals surface area contributed by atoms with Gasteiger partial charge >= 0.3 is 0 Å². The molecule has 0 saturated heterocycles. The maximum atomic E-state index is 10.8. The number of aliphatic hydroxyl groups is 1. The molecular weight excluding hydrogens is 466 g/mol. The third-order valence-corrected chi connectivity index (χ3v) is 5.92. The topological polar surface area (TPSA) is 73.8 Å². The fourth-order valence-electron chi connectivity index (χ4n) is 3.85. The zero-order valence-corrected chi connectivity index (χ0v) is 21.6. The predicted octanol–water partition coefficient (Wildman–Crippen LogP) is 0.914. The van der Waals surface area contributed by atoms with Crippen LogP contribution in [0.25, 0.3) is 0 Å². The Morgan fingerprint density at radius 3 is 2.23 bits per heavy atom. The summed E-state index contributed by atoms with van der Waals surface area (Å²) in [6.45, 7) is 3.42. The SMILES string of the molecule is COc1cccc(CCC[NH2+]C(C)C(O)c2ccc(OCc3ccc(OC)c(OC)c3)cc2)c1.[Cl-]. The van der Waals surface area contributed by atoms with E-state index in [1.165, 1.54) is 5.56 Å². The Bertz CT molecular complexity index is 1030. The Balaban J connectivity index is 0.00000432. The van der Waals surface area contributed by atoms with Crippen LogP contribution in [0.1, 0.15) is 36.1 Å². The summed E-state index contributed by atoms with van der Waals surface area (Å²) in [5.41, 5.74) is 3.14. The molecule has 190 valence electrons. The highest BCUT2D eigenvalue weighted by molar-refractivity contribution is 5.43. The van der Waals surface area contributed by atoms with Gasteiger partial charge in [-0.3, -0.25) is 0 Å². The van der Waals surface area contributed by atoms with Crippen molar-refractivity contribution in [2.75, 3.05) is 27.9 Å². The number of ether oxygens (including phenoxy) is 4. The molecule has 0 heterocycles. The van der Waals surface area contributed by atoms with Crippen LogP contribution in [0, 0.1) is 0 Å². The van der Waals surface area contributed by atoms with Gasteiger partial charge in [-0.1, -0.05) is 30.3 Å². The van der Waals surface area contributed by atoms with E-state index < -0.39 is 6.10 Å². The van der Waals surface area contributed by atoms with E-state index in [0.29, 0.717) is 18.1 Å². The maximum Gasteiger partial charge on any atom is 0.161 e. The van der Waals surface area contributed by atoms with Crippen molar-refractivity contribution in [3.05, 3.63) is 83.4 Å². The highest BCUT2D eigenvalue weighted by atomic mass is 35.5. The van der Waals surface area contributed by atoms with Crippen molar-refractivity contribution in [1.82, 2.24) is 0 Å². The van der Waals surface area contributed by atoms with Gasteiger partial charge in [-0.2, -0.15) is 0 Å². The van der Waals surface area contributed by atoms with E-state index >= 15 is 0 Å². The van der Waals surface area contributed by atoms with Crippen LogP contribution in [-0.4, -0.2) is 39.0 Å². The summed E-state index contributed by atoms with van der Waals surface area (Å²) >= 11 is 0. The number of benzene rings is 3. The largest absolute Gasteiger partial charge is 1.00 e. The fraction of sp³-hybridized carbons (Fsp3) is 0.357. The summed E-state index contributed by atoms with van der Waals surface area (Å²) in [5, 5.41) is 13.0. The molecule has 0 saturated carbocycles. The lowest BCUT2D eigenvalue weighted by molar-refractivity contribution is -0.694. The molecule has 0 spiro atoms.